The van der Waals surface area contributed by atoms with Gasteiger partial charge in [-0.25, -0.2) is 13.9 Å². The number of carbonyl (C=O) groups is 1. The second kappa shape index (κ2) is 10.4. The molecule has 2 aromatic rings. The highest BCUT2D eigenvalue weighted by molar-refractivity contribution is 5.87. The van der Waals surface area contributed by atoms with Crippen LogP contribution < -0.4 is 10.6 Å². The normalized spacial score (nSPS) is 24.9. The summed E-state index contributed by atoms with van der Waals surface area (Å²) in [6.07, 6.45) is 4.27. The van der Waals surface area contributed by atoms with Crippen LogP contribution in [0.15, 0.2) is 24.3 Å². The largest absolute Gasteiger partial charge is 0.335 e. The molecule has 2 amide bonds. The first-order valence-electron chi connectivity index (χ1n) is 11.4. The van der Waals surface area contributed by atoms with Gasteiger partial charge in [0.15, 0.2) is 0 Å². The Morgan fingerprint density at radius 3 is 2.72 bits per heavy atom. The van der Waals surface area contributed by atoms with Crippen LogP contribution in [0.5, 0.6) is 0 Å². The van der Waals surface area contributed by atoms with Gasteiger partial charge in [0.05, 0.1) is 0 Å². The summed E-state index contributed by atoms with van der Waals surface area (Å²) >= 11 is 0. The Morgan fingerprint density at radius 1 is 1.16 bits per heavy atom. The molecule has 9 nitrogen and oxygen atoms in total. The molecule has 2 N–H and O–H groups in total. The minimum absolute atomic E-state index is 0.102. The molecule has 0 bridgehead atoms. The molecule has 0 saturated carbocycles. The minimum atomic E-state index is -0.268. The van der Waals surface area contributed by atoms with Crippen molar-refractivity contribution in [2.45, 2.75) is 31.7 Å². The van der Waals surface area contributed by atoms with Gasteiger partial charge in [-0.3, -0.25) is 5.32 Å². The fraction of sp³-hybridized carbons (Fsp3) is 0.636. The van der Waals surface area contributed by atoms with E-state index in [0.717, 1.165) is 45.6 Å². The van der Waals surface area contributed by atoms with Crippen molar-refractivity contribution >= 4 is 12.0 Å². The van der Waals surface area contributed by atoms with Gasteiger partial charge in [0.2, 0.25) is 0 Å². The molecule has 0 spiro atoms. The molecular weight excluding hydrogens is 411 g/mol. The number of nitrogens with one attached hydrogen (secondary N) is 2. The molecule has 4 rings (SSSR count). The maximum Gasteiger partial charge on any atom is 0.321 e. The molecule has 2 aliphatic rings. The van der Waals surface area contributed by atoms with Gasteiger partial charge >= 0.3 is 6.03 Å². The van der Waals surface area contributed by atoms with E-state index >= 15 is 0 Å². The summed E-state index contributed by atoms with van der Waals surface area (Å²) in [5.41, 5.74) is 1.20. The Morgan fingerprint density at radius 2 is 1.97 bits per heavy atom. The third-order valence-electron chi connectivity index (χ3n) is 6.63. The Kier molecular flexibility index (Phi) is 7.31. The molecule has 0 aliphatic carbocycles. The number of nitrogens with zero attached hydrogens (tertiary/aromatic N) is 6. The van der Waals surface area contributed by atoms with Crippen LogP contribution in [0, 0.1) is 17.7 Å². The Hall–Kier alpha value is -2.59. The number of aromatic nitrogens is 4. The van der Waals surface area contributed by atoms with Crippen molar-refractivity contribution in [3.63, 3.8) is 0 Å². The Labute approximate surface area is 188 Å². The Balaban J connectivity index is 1.33. The monoisotopic (exact) mass is 444 g/mol. The number of piperidine rings is 2. The minimum Gasteiger partial charge on any atom is -0.335 e. The van der Waals surface area contributed by atoms with E-state index in [2.05, 4.69) is 43.0 Å². The number of amides is 2. The van der Waals surface area contributed by atoms with E-state index < -0.39 is 0 Å². The van der Waals surface area contributed by atoms with E-state index in [1.54, 1.807) is 19.2 Å². The number of urea groups is 1. The van der Waals surface area contributed by atoms with Crippen LogP contribution in [0.25, 0.3) is 0 Å². The lowest BCUT2D eigenvalue weighted by Crippen LogP contribution is -2.55. The number of halogens is 1. The van der Waals surface area contributed by atoms with E-state index in [-0.39, 0.29) is 17.9 Å². The van der Waals surface area contributed by atoms with Crippen molar-refractivity contribution in [2.75, 3.05) is 45.1 Å². The zero-order valence-corrected chi connectivity index (χ0v) is 18.9. The molecule has 1 aromatic carbocycles. The van der Waals surface area contributed by atoms with Gasteiger partial charge in [0.1, 0.15) is 5.82 Å². The molecule has 0 unspecified atom stereocenters. The molecule has 1 aromatic heterocycles. The van der Waals surface area contributed by atoms with Crippen molar-refractivity contribution in [1.29, 1.82) is 0 Å². The third kappa shape index (κ3) is 6.01. The molecule has 10 heteroatoms. The summed E-state index contributed by atoms with van der Waals surface area (Å²) in [4.78, 5) is 17.4. The summed E-state index contributed by atoms with van der Waals surface area (Å²) in [7, 11) is 3.83. The standard InChI is InChI=1S/C22H33FN8O/c1-29-11-9-20(24-22(32)25-21-26-27-28-30(21)2)18(14-29)15-31-10-3-4-17(13-31)12-16-5-7-19(23)8-6-16/h5-8,17-18,20H,3-4,9-15H2,1-2H3,(H2,24,25,26,28,32)/t17-,18-,20+/m0/s1. The highest BCUT2D eigenvalue weighted by Gasteiger charge is 2.32. The van der Waals surface area contributed by atoms with E-state index in [4.69, 9.17) is 0 Å². The van der Waals surface area contributed by atoms with Gasteiger partial charge in [-0.05, 0) is 79.9 Å². The predicted octanol–water partition coefficient (Wildman–Crippen LogP) is 1.75. The lowest BCUT2D eigenvalue weighted by atomic mass is 9.88. The SMILES string of the molecule is CN1CC[C@@H](NC(=O)Nc2nnnn2C)[C@H](CN2CCC[C@@H](Cc3ccc(F)cc3)C2)C1. The Bertz CT molecular complexity index is 888. The van der Waals surface area contributed by atoms with E-state index in [1.807, 2.05) is 12.1 Å². The maximum absolute atomic E-state index is 13.2. The van der Waals surface area contributed by atoms with Gasteiger partial charge in [0, 0.05) is 38.6 Å². The maximum atomic E-state index is 13.2. The first-order chi connectivity index (χ1) is 15.5. The molecule has 2 aliphatic heterocycles. The topological polar surface area (TPSA) is 91.2 Å². The summed E-state index contributed by atoms with van der Waals surface area (Å²) in [5.74, 6) is 1.07. The molecule has 3 atom stereocenters. The van der Waals surface area contributed by atoms with Crippen LogP contribution in [-0.4, -0.2) is 81.9 Å². The van der Waals surface area contributed by atoms with Crippen LogP contribution in [0.3, 0.4) is 0 Å². The molecule has 3 heterocycles. The number of rotatable bonds is 6. The van der Waals surface area contributed by atoms with E-state index in [1.165, 1.54) is 23.1 Å². The molecule has 2 fully saturated rings. The second-order valence-electron chi connectivity index (χ2n) is 9.24. The quantitative estimate of drug-likeness (QED) is 0.705. The van der Waals surface area contributed by atoms with Gasteiger partial charge in [-0.15, -0.1) is 0 Å². The predicted molar refractivity (Wildman–Crippen MR) is 120 cm³/mol. The third-order valence-corrected chi connectivity index (χ3v) is 6.63. The molecule has 174 valence electrons. The number of likely N-dealkylation sites (tertiary alicyclic amines) is 2. The van der Waals surface area contributed by atoms with Crippen molar-refractivity contribution < 1.29 is 9.18 Å². The average molecular weight is 445 g/mol. The number of hydrogen-bond acceptors (Lipinski definition) is 6. The van der Waals surface area contributed by atoms with Crippen LogP contribution in [0.2, 0.25) is 0 Å². The molecule has 32 heavy (non-hydrogen) atoms. The van der Waals surface area contributed by atoms with Gasteiger partial charge < -0.3 is 15.1 Å². The van der Waals surface area contributed by atoms with Gasteiger partial charge in [0.25, 0.3) is 5.95 Å². The summed E-state index contributed by atoms with van der Waals surface area (Å²) in [6.45, 7) is 5.00. The van der Waals surface area contributed by atoms with Crippen molar-refractivity contribution in [3.05, 3.63) is 35.6 Å². The van der Waals surface area contributed by atoms with Gasteiger partial charge in [-0.2, -0.15) is 0 Å². The average Bonchev–Trinajstić information content (AvgIpc) is 3.16. The molecule has 2 saturated heterocycles. The van der Waals surface area contributed by atoms with Crippen LogP contribution in [-0.2, 0) is 13.5 Å². The van der Waals surface area contributed by atoms with Crippen LogP contribution >= 0.6 is 0 Å². The van der Waals surface area contributed by atoms with E-state index in [0.29, 0.717) is 17.8 Å². The summed E-state index contributed by atoms with van der Waals surface area (Å²) < 4.78 is 14.6. The molecular formula is C22H33FN8O. The van der Waals surface area contributed by atoms with Crippen LogP contribution in [0.1, 0.15) is 24.8 Å². The summed E-state index contributed by atoms with van der Waals surface area (Å²) in [5, 5.41) is 17.0. The second-order valence-corrected chi connectivity index (χ2v) is 9.24. The fourth-order valence-corrected chi connectivity index (χ4v) is 5.00. The number of tetrazole rings is 1. The number of aryl methyl sites for hydroxylation is 1. The highest BCUT2D eigenvalue weighted by atomic mass is 19.1. The first-order valence-corrected chi connectivity index (χ1v) is 11.4. The highest BCUT2D eigenvalue weighted by Crippen LogP contribution is 2.24. The smallest absolute Gasteiger partial charge is 0.321 e. The van der Waals surface area contributed by atoms with Crippen molar-refractivity contribution in [3.8, 4) is 0 Å². The van der Waals surface area contributed by atoms with Gasteiger partial charge in [-0.1, -0.05) is 17.2 Å². The van der Waals surface area contributed by atoms with Crippen molar-refractivity contribution in [2.24, 2.45) is 18.9 Å². The van der Waals surface area contributed by atoms with Crippen molar-refractivity contribution in [1.82, 2.24) is 35.3 Å². The fourth-order valence-electron chi connectivity index (χ4n) is 5.00. The molecule has 0 radical (unpaired) electrons. The van der Waals surface area contributed by atoms with Crippen LogP contribution in [0.4, 0.5) is 15.1 Å². The number of carbonyl (C=O) groups excluding carboxylic acids is 1. The first kappa shape index (κ1) is 22.6. The zero-order valence-electron chi connectivity index (χ0n) is 18.9. The zero-order chi connectivity index (χ0) is 22.5. The lowest BCUT2D eigenvalue weighted by molar-refractivity contribution is 0.0958. The number of hydrogen-bond donors (Lipinski definition) is 2. The number of benzene rings is 1. The van der Waals surface area contributed by atoms with E-state index in [9.17, 15) is 9.18 Å². The summed E-state index contributed by atoms with van der Waals surface area (Å²) in [6, 6.07) is 6.73. The number of anilines is 1. The lowest BCUT2D eigenvalue weighted by Gasteiger charge is -2.41.